The van der Waals surface area contributed by atoms with Crippen LogP contribution in [0.25, 0.3) is 0 Å². The topological polar surface area (TPSA) is 58.6 Å². The van der Waals surface area contributed by atoms with E-state index in [0.717, 1.165) is 19.3 Å². The van der Waals surface area contributed by atoms with Crippen molar-refractivity contribution in [2.24, 2.45) is 0 Å². The van der Waals surface area contributed by atoms with Crippen LogP contribution in [0.2, 0.25) is 0 Å². The Morgan fingerprint density at radius 3 is 2.22 bits per heavy atom. The zero-order chi connectivity index (χ0) is 13.6. The van der Waals surface area contributed by atoms with E-state index in [1.165, 1.54) is 0 Å². The van der Waals surface area contributed by atoms with Crippen molar-refractivity contribution >= 4 is 5.91 Å². The van der Waals surface area contributed by atoms with Gasteiger partial charge in [0.1, 0.15) is 5.60 Å². The molecule has 0 aromatic heterocycles. The number of amides is 1. The molecule has 0 aromatic rings. The summed E-state index contributed by atoms with van der Waals surface area (Å²) in [6, 6.07) is -0.0374. The van der Waals surface area contributed by atoms with E-state index in [2.05, 4.69) is 5.32 Å². The average Bonchev–Trinajstić information content (AvgIpc) is 2.70. The molecule has 1 amide bonds. The lowest BCUT2D eigenvalue weighted by Gasteiger charge is -2.30. The first-order chi connectivity index (χ1) is 8.15. The maximum atomic E-state index is 12.2. The van der Waals surface area contributed by atoms with Crippen LogP contribution in [0.15, 0.2) is 0 Å². The van der Waals surface area contributed by atoms with Crippen molar-refractivity contribution < 1.29 is 14.6 Å². The largest absolute Gasteiger partial charge is 0.380 e. The Labute approximate surface area is 109 Å². The summed E-state index contributed by atoms with van der Waals surface area (Å²) in [5.41, 5.74) is -1.75. The summed E-state index contributed by atoms with van der Waals surface area (Å²) in [4.78, 5) is 12.2. The predicted molar refractivity (Wildman–Crippen MR) is 69.2 cm³/mol. The van der Waals surface area contributed by atoms with E-state index in [4.69, 9.17) is 4.74 Å². The average molecular weight is 255 g/mol. The third-order valence-corrected chi connectivity index (χ3v) is 4.23. The van der Waals surface area contributed by atoms with Gasteiger partial charge < -0.3 is 15.2 Å². The van der Waals surface area contributed by atoms with E-state index >= 15 is 0 Å². The molecule has 1 heterocycles. The Morgan fingerprint density at radius 1 is 1.22 bits per heavy atom. The SMILES string of the molecule is CC1(C)CC(NC(=O)C2(O)CCCC2)C(C)(C)O1. The summed E-state index contributed by atoms with van der Waals surface area (Å²) in [5.74, 6) is -0.223. The number of ether oxygens (including phenoxy) is 1. The molecular weight excluding hydrogens is 230 g/mol. The van der Waals surface area contributed by atoms with Crippen molar-refractivity contribution in [3.05, 3.63) is 0 Å². The van der Waals surface area contributed by atoms with Gasteiger partial charge in [-0.1, -0.05) is 0 Å². The fourth-order valence-electron chi connectivity index (χ4n) is 3.27. The Morgan fingerprint density at radius 2 is 1.78 bits per heavy atom. The lowest BCUT2D eigenvalue weighted by atomic mass is 9.92. The highest BCUT2D eigenvalue weighted by Gasteiger charge is 2.48. The lowest BCUT2D eigenvalue weighted by Crippen LogP contribution is -2.53. The van der Waals surface area contributed by atoms with Crippen LogP contribution in [-0.4, -0.2) is 33.9 Å². The number of hydrogen-bond acceptors (Lipinski definition) is 3. The van der Waals surface area contributed by atoms with E-state index in [1.807, 2.05) is 27.7 Å². The van der Waals surface area contributed by atoms with Crippen LogP contribution >= 0.6 is 0 Å². The van der Waals surface area contributed by atoms with Crippen LogP contribution in [0, 0.1) is 0 Å². The van der Waals surface area contributed by atoms with Gasteiger partial charge in [-0.05, 0) is 59.8 Å². The monoisotopic (exact) mass is 255 g/mol. The number of hydrogen-bond donors (Lipinski definition) is 2. The smallest absolute Gasteiger partial charge is 0.252 e. The van der Waals surface area contributed by atoms with Crippen molar-refractivity contribution in [1.29, 1.82) is 0 Å². The summed E-state index contributed by atoms with van der Waals surface area (Å²) in [6.07, 6.45) is 3.80. The number of nitrogens with one attached hydrogen (secondary N) is 1. The summed E-state index contributed by atoms with van der Waals surface area (Å²) in [7, 11) is 0. The van der Waals surface area contributed by atoms with Crippen molar-refractivity contribution in [1.82, 2.24) is 5.32 Å². The Bertz CT molecular complexity index is 343. The number of carbonyl (C=O) groups is 1. The molecule has 1 aliphatic heterocycles. The summed E-state index contributed by atoms with van der Waals surface area (Å²) >= 11 is 0. The predicted octanol–water partition coefficient (Wildman–Crippen LogP) is 1.75. The van der Waals surface area contributed by atoms with Crippen LogP contribution in [0.5, 0.6) is 0 Å². The van der Waals surface area contributed by atoms with Crippen molar-refractivity contribution in [3.8, 4) is 0 Å². The molecule has 2 fully saturated rings. The standard InChI is InChI=1S/C14H25NO3/c1-12(2)9-10(13(3,4)18-12)15-11(16)14(17)7-5-6-8-14/h10,17H,5-9H2,1-4H3,(H,15,16). The molecule has 0 aromatic carbocycles. The van der Waals surface area contributed by atoms with Gasteiger partial charge in [0.15, 0.2) is 0 Å². The molecule has 1 unspecified atom stereocenters. The molecule has 1 saturated carbocycles. The van der Waals surface area contributed by atoms with Crippen LogP contribution in [-0.2, 0) is 9.53 Å². The number of carbonyl (C=O) groups excluding carboxylic acids is 1. The summed E-state index contributed by atoms with van der Waals surface area (Å²) in [5, 5.41) is 13.3. The summed E-state index contributed by atoms with van der Waals surface area (Å²) < 4.78 is 5.95. The van der Waals surface area contributed by atoms with Gasteiger partial charge in [-0.3, -0.25) is 4.79 Å². The van der Waals surface area contributed by atoms with Gasteiger partial charge in [-0.15, -0.1) is 0 Å². The highest BCUT2D eigenvalue weighted by Crippen LogP contribution is 2.38. The molecule has 0 radical (unpaired) electrons. The lowest BCUT2D eigenvalue weighted by molar-refractivity contribution is -0.141. The fraction of sp³-hybridized carbons (Fsp3) is 0.929. The molecule has 0 spiro atoms. The van der Waals surface area contributed by atoms with E-state index in [9.17, 15) is 9.90 Å². The molecule has 2 rings (SSSR count). The van der Waals surface area contributed by atoms with Crippen molar-refractivity contribution in [2.75, 3.05) is 0 Å². The van der Waals surface area contributed by atoms with E-state index < -0.39 is 5.60 Å². The second kappa shape index (κ2) is 4.20. The van der Waals surface area contributed by atoms with Gasteiger partial charge >= 0.3 is 0 Å². The van der Waals surface area contributed by atoms with Crippen LogP contribution < -0.4 is 5.32 Å². The minimum atomic E-state index is -1.15. The maximum absolute atomic E-state index is 12.2. The van der Waals surface area contributed by atoms with Crippen molar-refractivity contribution in [3.63, 3.8) is 0 Å². The molecule has 104 valence electrons. The van der Waals surface area contributed by atoms with Gasteiger partial charge in [0.2, 0.25) is 0 Å². The molecule has 4 heteroatoms. The van der Waals surface area contributed by atoms with Gasteiger partial charge in [-0.2, -0.15) is 0 Å². The Kier molecular flexibility index (Phi) is 3.23. The Balaban J connectivity index is 2.03. The molecule has 2 N–H and O–H groups in total. The quantitative estimate of drug-likeness (QED) is 0.790. The molecule has 1 atom stereocenters. The molecule has 2 aliphatic rings. The molecule has 4 nitrogen and oxygen atoms in total. The maximum Gasteiger partial charge on any atom is 0.252 e. The van der Waals surface area contributed by atoms with E-state index in [0.29, 0.717) is 12.8 Å². The second-order valence-corrected chi connectivity index (χ2v) is 6.93. The molecule has 1 aliphatic carbocycles. The third-order valence-electron chi connectivity index (χ3n) is 4.23. The van der Waals surface area contributed by atoms with Gasteiger partial charge in [-0.25, -0.2) is 0 Å². The van der Waals surface area contributed by atoms with Crippen molar-refractivity contribution in [2.45, 2.75) is 82.6 Å². The zero-order valence-electron chi connectivity index (χ0n) is 11.9. The highest BCUT2D eigenvalue weighted by molar-refractivity contribution is 5.85. The zero-order valence-corrected chi connectivity index (χ0v) is 11.9. The minimum Gasteiger partial charge on any atom is -0.380 e. The molecular formula is C14H25NO3. The molecule has 0 bridgehead atoms. The third kappa shape index (κ3) is 2.54. The van der Waals surface area contributed by atoms with Crippen LogP contribution in [0.1, 0.15) is 59.8 Å². The van der Waals surface area contributed by atoms with Gasteiger partial charge in [0.05, 0.1) is 17.2 Å². The highest BCUT2D eigenvalue weighted by atomic mass is 16.5. The first-order valence-electron chi connectivity index (χ1n) is 6.88. The van der Waals surface area contributed by atoms with E-state index in [1.54, 1.807) is 0 Å². The second-order valence-electron chi connectivity index (χ2n) is 6.93. The summed E-state index contributed by atoms with van der Waals surface area (Å²) in [6.45, 7) is 8.05. The molecule has 1 saturated heterocycles. The van der Waals surface area contributed by atoms with Gasteiger partial charge in [0, 0.05) is 0 Å². The van der Waals surface area contributed by atoms with Crippen LogP contribution in [0.3, 0.4) is 0 Å². The minimum absolute atomic E-state index is 0.0374. The first-order valence-corrected chi connectivity index (χ1v) is 6.88. The number of aliphatic hydroxyl groups is 1. The first kappa shape index (κ1) is 13.8. The fourth-order valence-corrected chi connectivity index (χ4v) is 3.27. The normalized spacial score (nSPS) is 32.4. The molecule has 18 heavy (non-hydrogen) atoms. The van der Waals surface area contributed by atoms with E-state index in [-0.39, 0.29) is 23.2 Å². The Hall–Kier alpha value is -0.610. The number of rotatable bonds is 2. The van der Waals surface area contributed by atoms with Gasteiger partial charge in [0.25, 0.3) is 5.91 Å². The van der Waals surface area contributed by atoms with Crippen LogP contribution in [0.4, 0.5) is 0 Å².